The van der Waals surface area contributed by atoms with E-state index in [9.17, 15) is 14.4 Å². The van der Waals surface area contributed by atoms with Crippen molar-refractivity contribution in [2.45, 2.75) is 33.2 Å². The van der Waals surface area contributed by atoms with E-state index in [1.54, 1.807) is 17.0 Å². The van der Waals surface area contributed by atoms with Crippen molar-refractivity contribution in [3.63, 3.8) is 0 Å². The molecule has 1 saturated heterocycles. The van der Waals surface area contributed by atoms with E-state index in [4.69, 9.17) is 16.3 Å². The quantitative estimate of drug-likeness (QED) is 0.825. The number of amides is 2. The number of hydrogen-bond acceptors (Lipinski definition) is 4. The van der Waals surface area contributed by atoms with Gasteiger partial charge in [-0.2, -0.15) is 0 Å². The predicted octanol–water partition coefficient (Wildman–Crippen LogP) is 2.39. The Balaban J connectivity index is 1.83. The molecular formula is C17H21ClN2O4. The molecule has 6 nitrogen and oxygen atoms in total. The Kier molecular flexibility index (Phi) is 5.83. The van der Waals surface area contributed by atoms with Gasteiger partial charge in [-0.3, -0.25) is 14.4 Å². The van der Waals surface area contributed by atoms with Gasteiger partial charge in [0.2, 0.25) is 5.91 Å². The van der Waals surface area contributed by atoms with E-state index in [1.165, 1.54) is 0 Å². The van der Waals surface area contributed by atoms with E-state index in [0.29, 0.717) is 17.3 Å². The lowest BCUT2D eigenvalue weighted by molar-refractivity contribution is -0.151. The molecule has 1 unspecified atom stereocenters. The topological polar surface area (TPSA) is 75.7 Å². The van der Waals surface area contributed by atoms with Gasteiger partial charge in [0.15, 0.2) is 6.61 Å². The summed E-state index contributed by atoms with van der Waals surface area (Å²) in [7, 11) is 0. The van der Waals surface area contributed by atoms with Crippen LogP contribution in [0.1, 0.15) is 25.8 Å². The second-order valence-corrected chi connectivity index (χ2v) is 6.59. The minimum atomic E-state index is -0.531. The zero-order valence-electron chi connectivity index (χ0n) is 14.0. The van der Waals surface area contributed by atoms with Crippen LogP contribution in [0.5, 0.6) is 0 Å². The zero-order valence-corrected chi connectivity index (χ0v) is 14.7. The number of carbonyl (C=O) groups is 3. The molecule has 130 valence electrons. The maximum atomic E-state index is 12.0. The third-order valence-corrected chi connectivity index (χ3v) is 4.17. The van der Waals surface area contributed by atoms with Crippen molar-refractivity contribution in [2.24, 2.45) is 5.92 Å². The monoisotopic (exact) mass is 352 g/mol. The van der Waals surface area contributed by atoms with Crippen molar-refractivity contribution in [1.82, 2.24) is 4.90 Å². The van der Waals surface area contributed by atoms with E-state index in [1.807, 2.05) is 26.8 Å². The summed E-state index contributed by atoms with van der Waals surface area (Å²) >= 11 is 6.04. The Morgan fingerprint density at radius 2 is 2.12 bits per heavy atom. The van der Waals surface area contributed by atoms with Crippen LogP contribution in [0.25, 0.3) is 0 Å². The highest BCUT2D eigenvalue weighted by Gasteiger charge is 2.36. The van der Waals surface area contributed by atoms with Gasteiger partial charge in [0, 0.05) is 19.0 Å². The largest absolute Gasteiger partial charge is 0.455 e. The molecule has 1 aliphatic rings. The maximum absolute atomic E-state index is 12.0. The highest BCUT2D eigenvalue weighted by molar-refractivity contribution is 6.33. The molecule has 2 rings (SSSR count). The normalized spacial score (nSPS) is 17.3. The summed E-state index contributed by atoms with van der Waals surface area (Å²) in [5.41, 5.74) is 1.44. The number of hydrogen-bond donors (Lipinski definition) is 1. The number of nitrogens with one attached hydrogen (secondary N) is 1. The fourth-order valence-electron chi connectivity index (χ4n) is 2.55. The highest BCUT2D eigenvalue weighted by atomic mass is 35.5. The number of likely N-dealkylation sites (tertiary alicyclic amines) is 1. The van der Waals surface area contributed by atoms with Gasteiger partial charge in [0.05, 0.1) is 16.6 Å². The van der Waals surface area contributed by atoms with Gasteiger partial charge in [0.25, 0.3) is 5.91 Å². The van der Waals surface area contributed by atoms with Crippen molar-refractivity contribution in [3.8, 4) is 0 Å². The van der Waals surface area contributed by atoms with E-state index < -0.39 is 24.4 Å². The van der Waals surface area contributed by atoms with Crippen molar-refractivity contribution in [1.29, 1.82) is 0 Å². The molecule has 0 spiro atoms. The first-order valence-corrected chi connectivity index (χ1v) is 8.18. The molecule has 1 aromatic carbocycles. The third-order valence-electron chi connectivity index (χ3n) is 3.86. The smallest absolute Gasteiger partial charge is 0.311 e. The summed E-state index contributed by atoms with van der Waals surface area (Å²) < 4.78 is 5.03. The van der Waals surface area contributed by atoms with Crippen molar-refractivity contribution in [3.05, 3.63) is 28.8 Å². The van der Waals surface area contributed by atoms with Crippen molar-refractivity contribution < 1.29 is 19.1 Å². The van der Waals surface area contributed by atoms with Crippen LogP contribution in [0.15, 0.2) is 18.2 Å². The number of carbonyl (C=O) groups excluding carboxylic acids is 3. The second kappa shape index (κ2) is 7.66. The van der Waals surface area contributed by atoms with E-state index in [2.05, 4.69) is 5.32 Å². The molecular weight excluding hydrogens is 332 g/mol. The predicted molar refractivity (Wildman–Crippen MR) is 90.7 cm³/mol. The van der Waals surface area contributed by atoms with E-state index in [-0.39, 0.29) is 18.4 Å². The molecule has 1 fully saturated rings. The maximum Gasteiger partial charge on any atom is 0.311 e. The fraction of sp³-hybridized carbons (Fsp3) is 0.471. The molecule has 0 radical (unpaired) electrons. The van der Waals surface area contributed by atoms with Crippen LogP contribution in [0, 0.1) is 12.8 Å². The summed E-state index contributed by atoms with van der Waals surface area (Å²) in [4.78, 5) is 37.3. The molecule has 7 heteroatoms. The summed E-state index contributed by atoms with van der Waals surface area (Å²) in [6.07, 6.45) is 0.127. The number of anilines is 1. The molecule has 0 aliphatic carbocycles. The Labute approximate surface area is 146 Å². The van der Waals surface area contributed by atoms with Gasteiger partial charge in [-0.05, 0) is 38.5 Å². The fourth-order valence-corrected chi connectivity index (χ4v) is 2.83. The van der Waals surface area contributed by atoms with Gasteiger partial charge in [-0.1, -0.05) is 17.7 Å². The van der Waals surface area contributed by atoms with Crippen LogP contribution < -0.4 is 5.32 Å². The number of rotatable bonds is 5. The minimum Gasteiger partial charge on any atom is -0.455 e. The van der Waals surface area contributed by atoms with Crippen LogP contribution in [-0.4, -0.2) is 41.9 Å². The lowest BCUT2D eigenvalue weighted by Crippen LogP contribution is -2.33. The standard InChI is InChI=1S/C17H21ClN2O4/c1-10(2)20-8-12(7-16(20)22)17(23)24-9-15(21)19-14-5-4-11(3)6-13(14)18/h4-6,10,12H,7-9H2,1-3H3,(H,19,21). The molecule has 1 aromatic rings. The number of esters is 1. The van der Waals surface area contributed by atoms with Crippen LogP contribution >= 0.6 is 11.6 Å². The Morgan fingerprint density at radius 1 is 1.42 bits per heavy atom. The summed E-state index contributed by atoms with van der Waals surface area (Å²) in [6, 6.07) is 5.28. The average Bonchev–Trinajstić information content (AvgIpc) is 2.90. The molecule has 1 N–H and O–H groups in total. The molecule has 0 aromatic heterocycles. The number of halogens is 1. The summed E-state index contributed by atoms with van der Waals surface area (Å²) in [6.45, 7) is 5.60. The van der Waals surface area contributed by atoms with Crippen LogP contribution in [-0.2, 0) is 19.1 Å². The molecule has 24 heavy (non-hydrogen) atoms. The van der Waals surface area contributed by atoms with Crippen molar-refractivity contribution >= 4 is 35.1 Å². The van der Waals surface area contributed by atoms with Crippen molar-refractivity contribution in [2.75, 3.05) is 18.5 Å². The first kappa shape index (κ1) is 18.3. The first-order chi connectivity index (χ1) is 11.3. The molecule has 1 heterocycles. The number of nitrogens with zero attached hydrogens (tertiary/aromatic N) is 1. The van der Waals surface area contributed by atoms with Gasteiger partial charge in [-0.15, -0.1) is 0 Å². The second-order valence-electron chi connectivity index (χ2n) is 6.18. The lowest BCUT2D eigenvalue weighted by Gasteiger charge is -2.20. The molecule has 2 amide bonds. The zero-order chi connectivity index (χ0) is 17.9. The van der Waals surface area contributed by atoms with E-state index >= 15 is 0 Å². The first-order valence-electron chi connectivity index (χ1n) is 7.80. The van der Waals surface area contributed by atoms with E-state index in [0.717, 1.165) is 5.56 Å². The number of benzene rings is 1. The number of aryl methyl sites for hydroxylation is 1. The van der Waals surface area contributed by atoms with Crippen LogP contribution in [0.2, 0.25) is 5.02 Å². The van der Waals surface area contributed by atoms with Crippen LogP contribution in [0.3, 0.4) is 0 Å². The van der Waals surface area contributed by atoms with Gasteiger partial charge in [-0.25, -0.2) is 0 Å². The molecule has 1 atom stereocenters. The molecule has 0 saturated carbocycles. The lowest BCUT2D eigenvalue weighted by atomic mass is 10.1. The Hall–Kier alpha value is -2.08. The SMILES string of the molecule is Cc1ccc(NC(=O)COC(=O)C2CC(=O)N(C(C)C)C2)c(Cl)c1. The van der Waals surface area contributed by atoms with Crippen LogP contribution in [0.4, 0.5) is 5.69 Å². The number of ether oxygens (including phenoxy) is 1. The Bertz CT molecular complexity index is 660. The molecule has 1 aliphatic heterocycles. The van der Waals surface area contributed by atoms with Gasteiger partial charge < -0.3 is 15.0 Å². The van der Waals surface area contributed by atoms with Gasteiger partial charge >= 0.3 is 5.97 Å². The summed E-state index contributed by atoms with van der Waals surface area (Å²) in [5, 5.41) is 3.01. The van der Waals surface area contributed by atoms with Gasteiger partial charge in [0.1, 0.15) is 0 Å². The minimum absolute atomic E-state index is 0.0438. The third kappa shape index (κ3) is 4.47. The Morgan fingerprint density at radius 3 is 2.71 bits per heavy atom. The molecule has 0 bridgehead atoms. The average molecular weight is 353 g/mol. The highest BCUT2D eigenvalue weighted by Crippen LogP contribution is 2.23. The summed E-state index contributed by atoms with van der Waals surface area (Å²) in [5.74, 6) is -1.59.